The summed E-state index contributed by atoms with van der Waals surface area (Å²) in [6, 6.07) is 23.3. The summed E-state index contributed by atoms with van der Waals surface area (Å²) in [5, 5.41) is 12.7. The molecule has 3 aromatic carbocycles. The average Bonchev–Trinajstić information content (AvgIpc) is 3.11. The van der Waals surface area contributed by atoms with Crippen LogP contribution in [0.2, 0.25) is 0 Å². The predicted octanol–water partition coefficient (Wildman–Crippen LogP) is 3.49. The third-order valence-corrected chi connectivity index (χ3v) is 6.93. The van der Waals surface area contributed by atoms with E-state index in [0.717, 1.165) is 17.5 Å². The van der Waals surface area contributed by atoms with Crippen LogP contribution in [0.25, 0.3) is 0 Å². The van der Waals surface area contributed by atoms with E-state index in [0.29, 0.717) is 94.1 Å². The van der Waals surface area contributed by atoms with Gasteiger partial charge in [0.2, 0.25) is 17.8 Å². The Bertz CT molecular complexity index is 1510. The molecule has 1 heterocycles. The Morgan fingerprint density at radius 3 is 2.04 bits per heavy atom. The maximum Gasteiger partial charge on any atom is 0.251 e. The lowest BCUT2D eigenvalue weighted by atomic mass is 10.1. The molecule has 0 saturated heterocycles. The monoisotopic (exact) mass is 644 g/mol. The summed E-state index contributed by atoms with van der Waals surface area (Å²) in [4.78, 5) is 26.3. The zero-order valence-electron chi connectivity index (χ0n) is 27.0. The molecule has 0 radical (unpaired) electrons. The molecular formula is C34H44N8O5. The largest absolute Gasteiger partial charge is 0.493 e. The molecule has 0 unspecified atom stereocenters. The molecule has 0 fully saturated rings. The topological polar surface area (TPSA) is 167 Å². The van der Waals surface area contributed by atoms with Crippen LogP contribution in [0.1, 0.15) is 27.0 Å². The number of aromatic nitrogens is 3. The molecule has 0 spiro atoms. The van der Waals surface area contributed by atoms with Gasteiger partial charge in [-0.05, 0) is 35.7 Å². The molecule has 0 aliphatic rings. The highest BCUT2D eigenvalue weighted by molar-refractivity contribution is 5.94. The molecule has 1 amide bonds. The Labute approximate surface area is 275 Å². The number of hydrogen-bond donors (Lipinski definition) is 5. The molecular weight excluding hydrogens is 600 g/mol. The fourth-order valence-electron chi connectivity index (χ4n) is 4.54. The first kappa shape index (κ1) is 34.9. The number of amides is 1. The third-order valence-electron chi connectivity index (χ3n) is 6.93. The van der Waals surface area contributed by atoms with Crippen molar-refractivity contribution >= 4 is 23.8 Å². The molecule has 47 heavy (non-hydrogen) atoms. The van der Waals surface area contributed by atoms with E-state index in [-0.39, 0.29) is 5.91 Å². The summed E-state index contributed by atoms with van der Waals surface area (Å²) >= 11 is 0. The Morgan fingerprint density at radius 1 is 0.681 bits per heavy atom. The van der Waals surface area contributed by atoms with E-state index >= 15 is 0 Å². The van der Waals surface area contributed by atoms with Crippen LogP contribution in [0.4, 0.5) is 17.8 Å². The predicted molar refractivity (Wildman–Crippen MR) is 182 cm³/mol. The smallest absolute Gasteiger partial charge is 0.251 e. The highest BCUT2D eigenvalue weighted by Gasteiger charge is 2.12. The number of carbonyl (C=O) groups is 1. The number of nitrogens with one attached hydrogen (secondary N) is 4. The Morgan fingerprint density at radius 2 is 1.36 bits per heavy atom. The number of ether oxygens (including phenoxy) is 4. The SMILES string of the molecule is COc1cccc(CNc2nc(NCCc3ccccc3)nc(NCc3ccc(C(=O)NCCOCCOCCN)cc3)n2)c1OC. The lowest BCUT2D eigenvalue weighted by molar-refractivity contribution is 0.0511. The molecule has 13 heteroatoms. The van der Waals surface area contributed by atoms with Crippen molar-refractivity contribution in [2.45, 2.75) is 19.5 Å². The number of benzene rings is 3. The van der Waals surface area contributed by atoms with Gasteiger partial charge < -0.3 is 45.9 Å². The van der Waals surface area contributed by atoms with Gasteiger partial charge in [-0.15, -0.1) is 0 Å². The first-order valence-electron chi connectivity index (χ1n) is 15.5. The Kier molecular flexibility index (Phi) is 14.5. The molecule has 13 nitrogen and oxygen atoms in total. The van der Waals surface area contributed by atoms with Crippen LogP contribution in [-0.2, 0) is 29.0 Å². The van der Waals surface area contributed by atoms with E-state index in [2.05, 4.69) is 48.4 Å². The fourth-order valence-corrected chi connectivity index (χ4v) is 4.54. The molecule has 0 bridgehead atoms. The molecule has 0 aliphatic heterocycles. The number of para-hydroxylation sites is 1. The molecule has 0 aliphatic carbocycles. The summed E-state index contributed by atoms with van der Waals surface area (Å²) in [5.41, 5.74) is 9.00. The van der Waals surface area contributed by atoms with Crippen molar-refractivity contribution in [3.05, 3.63) is 95.1 Å². The van der Waals surface area contributed by atoms with Gasteiger partial charge in [0.1, 0.15) is 0 Å². The van der Waals surface area contributed by atoms with Crippen molar-refractivity contribution in [2.24, 2.45) is 5.73 Å². The first-order valence-corrected chi connectivity index (χ1v) is 15.5. The number of anilines is 3. The zero-order chi connectivity index (χ0) is 33.1. The van der Waals surface area contributed by atoms with Gasteiger partial charge in [0.25, 0.3) is 5.91 Å². The van der Waals surface area contributed by atoms with Crippen LogP contribution in [0.3, 0.4) is 0 Å². The van der Waals surface area contributed by atoms with E-state index in [1.54, 1.807) is 26.4 Å². The van der Waals surface area contributed by atoms with Crippen LogP contribution in [0.5, 0.6) is 11.5 Å². The first-order chi connectivity index (χ1) is 23.1. The lowest BCUT2D eigenvalue weighted by Crippen LogP contribution is -2.27. The summed E-state index contributed by atoms with van der Waals surface area (Å²) < 4.78 is 21.7. The Balaban J connectivity index is 1.35. The number of hydrogen-bond acceptors (Lipinski definition) is 12. The van der Waals surface area contributed by atoms with E-state index in [1.165, 1.54) is 5.56 Å². The molecule has 4 rings (SSSR count). The number of carbonyl (C=O) groups excluding carboxylic acids is 1. The van der Waals surface area contributed by atoms with E-state index in [1.807, 2.05) is 48.5 Å². The van der Waals surface area contributed by atoms with E-state index in [9.17, 15) is 4.79 Å². The number of methoxy groups -OCH3 is 2. The van der Waals surface area contributed by atoms with Crippen molar-refractivity contribution in [3.8, 4) is 11.5 Å². The van der Waals surface area contributed by atoms with E-state index in [4.69, 9.17) is 24.7 Å². The maximum atomic E-state index is 12.5. The van der Waals surface area contributed by atoms with Gasteiger partial charge in [0.15, 0.2) is 11.5 Å². The van der Waals surface area contributed by atoms with Gasteiger partial charge in [-0.1, -0.05) is 54.6 Å². The second kappa shape index (κ2) is 19.5. The number of nitrogens with two attached hydrogens (primary N) is 1. The van der Waals surface area contributed by atoms with Crippen molar-refractivity contribution in [3.63, 3.8) is 0 Å². The van der Waals surface area contributed by atoms with Gasteiger partial charge in [-0.25, -0.2) is 0 Å². The molecule has 1 aromatic heterocycles. The van der Waals surface area contributed by atoms with Gasteiger partial charge >= 0.3 is 0 Å². The standard InChI is InChI=1S/C34H44N8O5/c1-44-29-10-6-9-28(30(29)45-2)24-39-34-41-32(37-17-15-25-7-4-3-5-8-25)40-33(42-34)38-23-26-11-13-27(14-12-26)31(43)36-18-20-47-22-21-46-19-16-35/h3-14H,15-24,35H2,1-2H3,(H,36,43)(H3,37,38,39,40,41,42). The quantitative estimate of drug-likeness (QED) is 0.0840. The van der Waals surface area contributed by atoms with Crippen molar-refractivity contribution < 1.29 is 23.7 Å². The molecule has 0 saturated carbocycles. The number of nitrogens with zero attached hydrogens (tertiary/aromatic N) is 3. The van der Waals surface area contributed by atoms with Crippen LogP contribution in [-0.4, -0.2) is 81.1 Å². The van der Waals surface area contributed by atoms with Crippen molar-refractivity contribution in [1.29, 1.82) is 0 Å². The van der Waals surface area contributed by atoms with Crippen LogP contribution >= 0.6 is 0 Å². The molecule has 6 N–H and O–H groups in total. The Hall–Kier alpha value is -4.98. The summed E-state index contributed by atoms with van der Waals surface area (Å²) in [5.74, 6) is 2.36. The second-order valence-electron chi connectivity index (χ2n) is 10.3. The minimum atomic E-state index is -0.167. The van der Waals surface area contributed by atoms with Crippen molar-refractivity contribution in [2.75, 3.05) is 76.2 Å². The van der Waals surface area contributed by atoms with Gasteiger partial charge in [0.05, 0.1) is 40.6 Å². The fraction of sp³-hybridized carbons (Fsp3) is 0.353. The minimum absolute atomic E-state index is 0.167. The van der Waals surface area contributed by atoms with Crippen LogP contribution < -0.4 is 36.5 Å². The van der Waals surface area contributed by atoms with Crippen molar-refractivity contribution in [1.82, 2.24) is 20.3 Å². The highest BCUT2D eigenvalue weighted by Crippen LogP contribution is 2.31. The van der Waals surface area contributed by atoms with Gasteiger partial charge in [0, 0.05) is 43.9 Å². The zero-order valence-corrected chi connectivity index (χ0v) is 27.0. The lowest BCUT2D eigenvalue weighted by Gasteiger charge is -2.14. The second-order valence-corrected chi connectivity index (χ2v) is 10.3. The average molecular weight is 645 g/mol. The summed E-state index contributed by atoms with van der Waals surface area (Å²) in [7, 11) is 3.22. The molecule has 4 aromatic rings. The van der Waals surface area contributed by atoms with Crippen LogP contribution in [0, 0.1) is 0 Å². The highest BCUT2D eigenvalue weighted by atomic mass is 16.5. The molecule has 250 valence electrons. The normalized spacial score (nSPS) is 10.7. The molecule has 0 atom stereocenters. The number of rotatable bonds is 21. The maximum absolute atomic E-state index is 12.5. The summed E-state index contributed by atoms with van der Waals surface area (Å²) in [6.45, 7) is 4.23. The van der Waals surface area contributed by atoms with Gasteiger partial charge in [-0.3, -0.25) is 4.79 Å². The summed E-state index contributed by atoms with van der Waals surface area (Å²) in [6.07, 6.45) is 0.816. The van der Waals surface area contributed by atoms with E-state index < -0.39 is 0 Å². The third kappa shape index (κ3) is 11.7. The minimum Gasteiger partial charge on any atom is -0.493 e. The van der Waals surface area contributed by atoms with Crippen LogP contribution in [0.15, 0.2) is 72.8 Å². The van der Waals surface area contributed by atoms with Gasteiger partial charge in [-0.2, -0.15) is 15.0 Å².